The second-order valence-corrected chi connectivity index (χ2v) is 9.27. The summed E-state index contributed by atoms with van der Waals surface area (Å²) in [7, 11) is -3.82. The first-order chi connectivity index (χ1) is 12.4. The molecule has 1 saturated carbocycles. The zero-order chi connectivity index (χ0) is 18.8. The van der Waals surface area contributed by atoms with E-state index in [0.29, 0.717) is 25.7 Å². The van der Waals surface area contributed by atoms with Gasteiger partial charge in [-0.15, -0.1) is 0 Å². The van der Waals surface area contributed by atoms with Crippen molar-refractivity contribution in [3.63, 3.8) is 0 Å². The molecule has 26 heavy (non-hydrogen) atoms. The van der Waals surface area contributed by atoms with Crippen LogP contribution in [0.4, 0.5) is 0 Å². The molecule has 5 heteroatoms. The van der Waals surface area contributed by atoms with Gasteiger partial charge in [-0.05, 0) is 55.5 Å². The van der Waals surface area contributed by atoms with Crippen molar-refractivity contribution in [3.8, 4) is 0 Å². The highest BCUT2D eigenvalue weighted by Gasteiger charge is 2.54. The summed E-state index contributed by atoms with van der Waals surface area (Å²) in [6.07, 6.45) is 2.06. The molecule has 0 spiro atoms. The highest BCUT2D eigenvalue weighted by atomic mass is 32.2. The monoisotopic (exact) mass is 372 g/mol. The second kappa shape index (κ2) is 7.23. The van der Waals surface area contributed by atoms with Crippen LogP contribution >= 0.6 is 0 Å². The molecule has 1 aliphatic rings. The van der Waals surface area contributed by atoms with Gasteiger partial charge in [-0.1, -0.05) is 49.2 Å². The maximum Gasteiger partial charge on any atom is 0.328 e. The van der Waals surface area contributed by atoms with Crippen molar-refractivity contribution in [1.29, 1.82) is 0 Å². The van der Waals surface area contributed by atoms with E-state index in [1.165, 1.54) is 0 Å². The third-order valence-corrected chi connectivity index (χ3v) is 7.78. The van der Waals surface area contributed by atoms with Crippen LogP contribution in [-0.4, -0.2) is 19.1 Å². The van der Waals surface area contributed by atoms with E-state index in [-0.39, 0.29) is 11.5 Å². The Morgan fingerprint density at radius 2 is 1.65 bits per heavy atom. The maximum atomic E-state index is 13.4. The Hall–Kier alpha value is -2.14. The zero-order valence-corrected chi connectivity index (χ0v) is 16.0. The Labute approximate surface area is 155 Å². The Kier molecular flexibility index (Phi) is 5.19. The minimum absolute atomic E-state index is 0.0872. The van der Waals surface area contributed by atoms with E-state index in [1.807, 2.05) is 44.2 Å². The molecule has 4 nitrogen and oxygen atoms in total. The first-order valence-corrected chi connectivity index (χ1v) is 10.4. The molecule has 0 radical (unpaired) electrons. The lowest BCUT2D eigenvalue weighted by atomic mass is 10.1. The maximum absolute atomic E-state index is 13.4. The van der Waals surface area contributed by atoms with Crippen LogP contribution in [0.3, 0.4) is 0 Å². The van der Waals surface area contributed by atoms with Gasteiger partial charge in [0.2, 0.25) is 0 Å². The van der Waals surface area contributed by atoms with Gasteiger partial charge in [0.1, 0.15) is 6.61 Å². The molecular formula is C21H24O4S. The molecular weight excluding hydrogens is 348 g/mol. The quantitative estimate of drug-likeness (QED) is 0.740. The second-order valence-electron chi connectivity index (χ2n) is 7.01. The summed E-state index contributed by atoms with van der Waals surface area (Å²) >= 11 is 0. The standard InChI is InChI=1S/C21H24O4S/c1-16-10-11-19(14-17(16)2)26(23,24)21(12-6-7-13-21)20(22)25-15-18-8-4-3-5-9-18/h3-5,8-11,14H,6-7,12-13,15H2,1-2H3. The van der Waals surface area contributed by atoms with Gasteiger partial charge in [0.25, 0.3) is 0 Å². The molecule has 1 fully saturated rings. The third-order valence-electron chi connectivity index (χ3n) is 5.30. The predicted molar refractivity (Wildman–Crippen MR) is 101 cm³/mol. The van der Waals surface area contributed by atoms with Crippen LogP contribution in [0.1, 0.15) is 42.4 Å². The van der Waals surface area contributed by atoms with Crippen molar-refractivity contribution < 1.29 is 17.9 Å². The lowest BCUT2D eigenvalue weighted by Crippen LogP contribution is -2.45. The predicted octanol–water partition coefficient (Wildman–Crippen LogP) is 4.13. The van der Waals surface area contributed by atoms with Gasteiger partial charge in [0, 0.05) is 0 Å². The highest BCUT2D eigenvalue weighted by Crippen LogP contribution is 2.42. The Bertz CT molecular complexity index is 895. The molecule has 0 N–H and O–H groups in total. The van der Waals surface area contributed by atoms with Crippen LogP contribution < -0.4 is 0 Å². The number of esters is 1. The molecule has 138 valence electrons. The molecule has 0 aromatic heterocycles. The van der Waals surface area contributed by atoms with Crippen LogP contribution in [-0.2, 0) is 26.0 Å². The number of aryl methyl sites for hydroxylation is 2. The smallest absolute Gasteiger partial charge is 0.328 e. The fraction of sp³-hybridized carbons (Fsp3) is 0.381. The third kappa shape index (κ3) is 3.28. The molecule has 2 aromatic carbocycles. The van der Waals surface area contributed by atoms with Crippen molar-refractivity contribution in [2.75, 3.05) is 0 Å². The van der Waals surface area contributed by atoms with E-state index in [2.05, 4.69) is 0 Å². The van der Waals surface area contributed by atoms with Crippen molar-refractivity contribution in [2.24, 2.45) is 0 Å². The number of rotatable bonds is 5. The molecule has 3 rings (SSSR count). The Balaban J connectivity index is 1.91. The van der Waals surface area contributed by atoms with Gasteiger partial charge in [0.15, 0.2) is 14.6 Å². The summed E-state index contributed by atoms with van der Waals surface area (Å²) in [5, 5.41) is 0. The van der Waals surface area contributed by atoms with E-state index >= 15 is 0 Å². The number of hydrogen-bond acceptors (Lipinski definition) is 4. The number of carbonyl (C=O) groups excluding carboxylic acids is 1. The first kappa shape index (κ1) is 18.6. The molecule has 0 unspecified atom stereocenters. The molecule has 2 aromatic rings. The van der Waals surface area contributed by atoms with Crippen LogP contribution in [0.25, 0.3) is 0 Å². The molecule has 0 amide bonds. The summed E-state index contributed by atoms with van der Waals surface area (Å²) in [6.45, 7) is 3.90. The summed E-state index contributed by atoms with van der Waals surface area (Å²) in [5.41, 5.74) is 2.77. The number of carbonyl (C=O) groups is 1. The van der Waals surface area contributed by atoms with Gasteiger partial charge >= 0.3 is 5.97 Å². The van der Waals surface area contributed by atoms with E-state index in [4.69, 9.17) is 4.74 Å². The SMILES string of the molecule is Cc1ccc(S(=O)(=O)C2(C(=O)OCc3ccccc3)CCCC2)cc1C. The molecule has 1 aliphatic carbocycles. The van der Waals surface area contributed by atoms with Crippen LogP contribution in [0.5, 0.6) is 0 Å². The highest BCUT2D eigenvalue weighted by molar-refractivity contribution is 7.93. The topological polar surface area (TPSA) is 60.4 Å². The number of hydrogen-bond donors (Lipinski definition) is 0. The van der Waals surface area contributed by atoms with Crippen molar-refractivity contribution in [3.05, 3.63) is 65.2 Å². The summed E-state index contributed by atoms with van der Waals surface area (Å²) < 4.78 is 30.7. The summed E-state index contributed by atoms with van der Waals surface area (Å²) in [4.78, 5) is 13.1. The zero-order valence-electron chi connectivity index (χ0n) is 15.2. The van der Waals surface area contributed by atoms with Gasteiger partial charge in [0.05, 0.1) is 4.90 Å². The van der Waals surface area contributed by atoms with Gasteiger partial charge < -0.3 is 4.74 Å². The first-order valence-electron chi connectivity index (χ1n) is 8.90. The summed E-state index contributed by atoms with van der Waals surface area (Å²) in [6, 6.07) is 14.4. The minimum Gasteiger partial charge on any atom is -0.460 e. The molecule has 0 atom stereocenters. The average Bonchev–Trinajstić information content (AvgIpc) is 3.14. The van der Waals surface area contributed by atoms with Gasteiger partial charge in [-0.3, -0.25) is 4.79 Å². The molecule has 0 saturated heterocycles. The molecule has 0 bridgehead atoms. The minimum atomic E-state index is -3.82. The van der Waals surface area contributed by atoms with Crippen molar-refractivity contribution in [2.45, 2.75) is 55.8 Å². The number of sulfone groups is 1. The van der Waals surface area contributed by atoms with E-state index in [1.54, 1.807) is 18.2 Å². The Morgan fingerprint density at radius 3 is 2.27 bits per heavy atom. The van der Waals surface area contributed by atoms with Crippen LogP contribution in [0.15, 0.2) is 53.4 Å². The van der Waals surface area contributed by atoms with E-state index in [9.17, 15) is 13.2 Å². The largest absolute Gasteiger partial charge is 0.460 e. The lowest BCUT2D eigenvalue weighted by Gasteiger charge is -2.27. The lowest BCUT2D eigenvalue weighted by molar-refractivity contribution is -0.148. The number of ether oxygens (including phenoxy) is 1. The fourth-order valence-corrected chi connectivity index (χ4v) is 5.62. The van der Waals surface area contributed by atoms with E-state index < -0.39 is 20.6 Å². The fourth-order valence-electron chi connectivity index (χ4n) is 3.49. The molecule has 0 aliphatic heterocycles. The van der Waals surface area contributed by atoms with E-state index in [0.717, 1.165) is 16.7 Å². The van der Waals surface area contributed by atoms with Gasteiger partial charge in [-0.2, -0.15) is 0 Å². The van der Waals surface area contributed by atoms with Crippen LogP contribution in [0.2, 0.25) is 0 Å². The molecule has 0 heterocycles. The van der Waals surface area contributed by atoms with Crippen molar-refractivity contribution >= 4 is 15.8 Å². The Morgan fingerprint density at radius 1 is 1.00 bits per heavy atom. The number of benzene rings is 2. The van der Waals surface area contributed by atoms with Gasteiger partial charge in [-0.25, -0.2) is 8.42 Å². The normalized spacial score (nSPS) is 16.4. The summed E-state index contributed by atoms with van der Waals surface area (Å²) in [5.74, 6) is -0.628. The van der Waals surface area contributed by atoms with Crippen LogP contribution in [0, 0.1) is 13.8 Å². The average molecular weight is 372 g/mol. The van der Waals surface area contributed by atoms with Crippen molar-refractivity contribution in [1.82, 2.24) is 0 Å².